The zero-order chi connectivity index (χ0) is 14.5. The highest BCUT2D eigenvalue weighted by molar-refractivity contribution is 5.67. The van der Waals surface area contributed by atoms with Crippen LogP contribution in [0.1, 0.15) is 13.3 Å². The summed E-state index contributed by atoms with van der Waals surface area (Å²) < 4.78 is 17.7. The lowest BCUT2D eigenvalue weighted by Gasteiger charge is -2.11. The summed E-state index contributed by atoms with van der Waals surface area (Å²) in [5, 5.41) is 11.3. The van der Waals surface area contributed by atoms with Crippen LogP contribution in [0.25, 0.3) is 0 Å². The van der Waals surface area contributed by atoms with Crippen LogP contribution in [0.2, 0.25) is 0 Å². The Morgan fingerprint density at radius 2 is 1.60 bits per heavy atom. The van der Waals surface area contributed by atoms with Gasteiger partial charge in [-0.3, -0.25) is 4.79 Å². The van der Waals surface area contributed by atoms with Crippen LogP contribution < -0.4 is 4.74 Å². The number of hydrogen-bond donors (Lipinski definition) is 1. The van der Waals surface area contributed by atoms with E-state index in [0.29, 0.717) is 5.75 Å². The van der Waals surface area contributed by atoms with E-state index in [4.69, 9.17) is 9.84 Å². The van der Waals surface area contributed by atoms with Gasteiger partial charge in [0.2, 0.25) is 0 Å². The lowest BCUT2D eigenvalue weighted by atomic mass is 10.1. The van der Waals surface area contributed by atoms with Crippen molar-refractivity contribution < 1.29 is 19.0 Å². The highest BCUT2D eigenvalue weighted by Crippen LogP contribution is 2.13. The van der Waals surface area contributed by atoms with Gasteiger partial charge in [0, 0.05) is 0 Å². The Morgan fingerprint density at radius 1 is 1.10 bits per heavy atom. The molecule has 0 saturated carbocycles. The molecule has 1 aromatic carbocycles. The Labute approximate surface area is 115 Å². The Morgan fingerprint density at radius 3 is 1.95 bits per heavy atom. The molecule has 0 aromatic heterocycles. The molecule has 1 N–H and O–H groups in total. The second-order valence-electron chi connectivity index (χ2n) is 4.56. The van der Waals surface area contributed by atoms with E-state index in [1.165, 1.54) is 34.7 Å². The van der Waals surface area contributed by atoms with Gasteiger partial charge >= 0.3 is 5.97 Å². The normalized spacial score (nSPS) is 11.9. The molecule has 3 rings (SSSR count). The number of ether oxygens (including phenoxy) is 1. The standard InChI is InChI=1S/C10H11FO3.C6H4/c1-7(6-10(12)13)14-9-4-2-8(11)3-5-9;1-2-6-4-3-5(1)6/h2-5,7H,6H2,1H3,(H,12,13);1-4H. The highest BCUT2D eigenvalue weighted by Gasteiger charge is 2.08. The molecular weight excluding hydrogens is 259 g/mol. The monoisotopic (exact) mass is 274 g/mol. The zero-order valence-electron chi connectivity index (χ0n) is 11.0. The fourth-order valence-corrected chi connectivity index (χ4v) is 1.70. The van der Waals surface area contributed by atoms with Crippen molar-refractivity contribution in [2.24, 2.45) is 0 Å². The molecule has 0 amide bonds. The number of carboxylic acids is 1. The van der Waals surface area contributed by atoms with E-state index in [0.717, 1.165) is 0 Å². The predicted octanol–water partition coefficient (Wildman–Crippen LogP) is 3.35. The van der Waals surface area contributed by atoms with Gasteiger partial charge in [-0.15, -0.1) is 0 Å². The minimum absolute atomic E-state index is 0.0720. The topological polar surface area (TPSA) is 46.5 Å². The fraction of sp³-hybridized carbons (Fsp3) is 0.188. The average Bonchev–Trinajstić information content (AvgIpc) is 2.36. The second-order valence-corrected chi connectivity index (χ2v) is 4.56. The van der Waals surface area contributed by atoms with E-state index < -0.39 is 12.1 Å². The number of rotatable bonds is 4. The molecule has 2 aliphatic carbocycles. The molecule has 0 heterocycles. The number of hydrogen-bond acceptors (Lipinski definition) is 2. The maximum atomic E-state index is 12.5. The molecule has 2 aliphatic rings. The van der Waals surface area contributed by atoms with Gasteiger partial charge in [-0.05, 0) is 41.6 Å². The van der Waals surface area contributed by atoms with Crippen molar-refractivity contribution in [1.29, 1.82) is 0 Å². The van der Waals surface area contributed by atoms with Crippen molar-refractivity contribution in [2.45, 2.75) is 19.4 Å². The van der Waals surface area contributed by atoms with E-state index in [1.807, 2.05) is 0 Å². The second kappa shape index (κ2) is 6.19. The van der Waals surface area contributed by atoms with Crippen LogP contribution in [0, 0.1) is 16.3 Å². The molecule has 4 heteroatoms. The minimum Gasteiger partial charge on any atom is -0.490 e. The van der Waals surface area contributed by atoms with Crippen molar-refractivity contribution in [2.75, 3.05) is 0 Å². The summed E-state index contributed by atoms with van der Waals surface area (Å²) >= 11 is 0. The van der Waals surface area contributed by atoms with Crippen LogP contribution in [0.5, 0.6) is 5.75 Å². The third-order valence-corrected chi connectivity index (χ3v) is 2.83. The molecular formula is C16H15FO3. The summed E-state index contributed by atoms with van der Waals surface area (Å²) in [5.41, 5.74) is 0. The lowest BCUT2D eigenvalue weighted by Crippen LogP contribution is -2.16. The van der Waals surface area contributed by atoms with Crippen LogP contribution in [0.15, 0.2) is 48.5 Å². The predicted molar refractivity (Wildman–Crippen MR) is 72.9 cm³/mol. The quantitative estimate of drug-likeness (QED) is 0.793. The van der Waals surface area contributed by atoms with Crippen LogP contribution in [-0.4, -0.2) is 17.2 Å². The number of halogens is 1. The Balaban J connectivity index is 0.000000198. The molecule has 20 heavy (non-hydrogen) atoms. The van der Waals surface area contributed by atoms with Gasteiger partial charge in [-0.2, -0.15) is 0 Å². The Bertz CT molecular complexity index is 629. The van der Waals surface area contributed by atoms with Gasteiger partial charge in [-0.25, -0.2) is 4.39 Å². The molecule has 3 nitrogen and oxygen atoms in total. The smallest absolute Gasteiger partial charge is 0.307 e. The summed E-state index contributed by atoms with van der Waals surface area (Å²) in [6.07, 6.45) is -0.491. The first kappa shape index (κ1) is 14.1. The molecule has 0 saturated heterocycles. The molecule has 1 atom stereocenters. The van der Waals surface area contributed by atoms with Crippen molar-refractivity contribution in [1.82, 2.24) is 0 Å². The zero-order valence-corrected chi connectivity index (χ0v) is 11.0. The SMILES string of the molecule is CC(CC(=O)O)Oc1ccc(F)cc1.c1cc2ccc1=2. The molecule has 1 unspecified atom stereocenters. The van der Waals surface area contributed by atoms with E-state index in [2.05, 4.69) is 24.3 Å². The molecule has 0 aliphatic heterocycles. The van der Waals surface area contributed by atoms with E-state index in [1.54, 1.807) is 6.92 Å². The molecule has 0 bridgehead atoms. The largest absolute Gasteiger partial charge is 0.490 e. The third-order valence-electron chi connectivity index (χ3n) is 2.83. The van der Waals surface area contributed by atoms with E-state index in [9.17, 15) is 9.18 Å². The van der Waals surface area contributed by atoms with Crippen LogP contribution in [-0.2, 0) is 4.79 Å². The maximum Gasteiger partial charge on any atom is 0.307 e. The number of benzene rings is 2. The molecule has 0 radical (unpaired) electrons. The summed E-state index contributed by atoms with van der Waals surface area (Å²) in [4.78, 5) is 10.3. The van der Waals surface area contributed by atoms with Crippen LogP contribution in [0.3, 0.4) is 0 Å². The van der Waals surface area contributed by atoms with Gasteiger partial charge < -0.3 is 9.84 Å². The van der Waals surface area contributed by atoms with E-state index in [-0.39, 0.29) is 12.2 Å². The lowest BCUT2D eigenvalue weighted by molar-refractivity contribution is -0.138. The number of carboxylic acid groups (broad SMARTS) is 1. The summed E-state index contributed by atoms with van der Waals surface area (Å²) in [6.45, 7) is 1.65. The van der Waals surface area contributed by atoms with Gasteiger partial charge in [0.05, 0.1) is 6.42 Å². The van der Waals surface area contributed by atoms with Crippen molar-refractivity contribution >= 4 is 5.97 Å². The molecule has 0 fully saturated rings. The maximum absolute atomic E-state index is 12.5. The van der Waals surface area contributed by atoms with Gasteiger partial charge in [0.15, 0.2) is 0 Å². The third kappa shape index (κ3) is 3.82. The first-order valence-corrected chi connectivity index (χ1v) is 6.29. The number of aliphatic carboxylic acids is 1. The van der Waals surface area contributed by atoms with Crippen molar-refractivity contribution in [3.05, 3.63) is 64.8 Å². The average molecular weight is 274 g/mol. The molecule has 104 valence electrons. The minimum atomic E-state index is -0.917. The van der Waals surface area contributed by atoms with Crippen LogP contribution >= 0.6 is 0 Å². The van der Waals surface area contributed by atoms with Crippen LogP contribution in [0.4, 0.5) is 4.39 Å². The van der Waals surface area contributed by atoms with Gasteiger partial charge in [0.25, 0.3) is 0 Å². The molecule has 1 aromatic rings. The van der Waals surface area contributed by atoms with Gasteiger partial charge in [0.1, 0.15) is 17.7 Å². The highest BCUT2D eigenvalue weighted by atomic mass is 19.1. The fourth-order valence-electron chi connectivity index (χ4n) is 1.70. The first-order valence-electron chi connectivity index (χ1n) is 6.29. The van der Waals surface area contributed by atoms with E-state index >= 15 is 0 Å². The number of carbonyl (C=O) groups is 1. The summed E-state index contributed by atoms with van der Waals surface area (Å²) in [7, 11) is 0. The summed E-state index contributed by atoms with van der Waals surface area (Å²) in [6, 6.07) is 13.9. The Hall–Kier alpha value is -2.36. The van der Waals surface area contributed by atoms with Crippen molar-refractivity contribution in [3.63, 3.8) is 0 Å². The Kier molecular flexibility index (Phi) is 4.35. The van der Waals surface area contributed by atoms with Crippen molar-refractivity contribution in [3.8, 4) is 5.75 Å². The molecule has 0 spiro atoms. The first-order chi connectivity index (χ1) is 9.54. The van der Waals surface area contributed by atoms with Gasteiger partial charge in [-0.1, -0.05) is 24.3 Å². The summed E-state index contributed by atoms with van der Waals surface area (Å²) in [5.74, 6) is -0.789.